The first-order valence-corrected chi connectivity index (χ1v) is 15.8. The predicted octanol–water partition coefficient (Wildman–Crippen LogP) is 10.1. The van der Waals surface area contributed by atoms with E-state index in [0.717, 1.165) is 44.3 Å². The van der Waals surface area contributed by atoms with Crippen LogP contribution in [-0.2, 0) is 5.41 Å². The summed E-state index contributed by atoms with van der Waals surface area (Å²) in [6.07, 6.45) is 9.61. The van der Waals surface area contributed by atoms with Gasteiger partial charge in [0.05, 0.1) is 5.56 Å². The maximum Gasteiger partial charge on any atom is 0.343 e. The van der Waals surface area contributed by atoms with Gasteiger partial charge >= 0.3 is 5.97 Å². The van der Waals surface area contributed by atoms with Gasteiger partial charge < -0.3 is 9.47 Å². The Labute approximate surface area is 252 Å². The van der Waals surface area contributed by atoms with Crippen LogP contribution < -0.4 is 9.47 Å². The molecule has 0 unspecified atom stereocenters. The highest BCUT2D eigenvalue weighted by molar-refractivity contribution is 6.02. The van der Waals surface area contributed by atoms with Crippen molar-refractivity contribution in [3.8, 4) is 11.5 Å². The molecular weight excluding hydrogens is 520 g/mol. The number of ketones is 1. The van der Waals surface area contributed by atoms with E-state index >= 15 is 0 Å². The quantitative estimate of drug-likeness (QED) is 0.124. The first-order valence-electron chi connectivity index (χ1n) is 15.8. The Morgan fingerprint density at radius 3 is 1.83 bits per heavy atom. The van der Waals surface area contributed by atoms with Crippen molar-refractivity contribution in [3.63, 3.8) is 0 Å². The molecule has 3 aromatic carbocycles. The third-order valence-corrected chi connectivity index (χ3v) is 8.83. The van der Waals surface area contributed by atoms with Crippen molar-refractivity contribution in [3.05, 3.63) is 95.1 Å². The van der Waals surface area contributed by atoms with E-state index in [4.69, 9.17) is 9.47 Å². The summed E-state index contributed by atoms with van der Waals surface area (Å²) < 4.78 is 12.1. The smallest absolute Gasteiger partial charge is 0.343 e. The standard InChI is InChI=1S/C38H48O4/c1-7-23-36(3,4)34(39)28-13-12-14-29(27-28)35(40)41-32-19-15-30(16-20-32)38(25-10-9-11-26-38)31-17-21-33(22-18-31)42-37(5,6)24-8-2/h12-22,27H,7-11,23-26H2,1-6H3. The third-order valence-electron chi connectivity index (χ3n) is 8.83. The average Bonchev–Trinajstić information content (AvgIpc) is 2.97. The zero-order valence-corrected chi connectivity index (χ0v) is 26.4. The van der Waals surface area contributed by atoms with Crippen LogP contribution in [-0.4, -0.2) is 17.4 Å². The summed E-state index contributed by atoms with van der Waals surface area (Å²) in [6.45, 7) is 12.5. The molecular formula is C38H48O4. The number of benzene rings is 3. The van der Waals surface area contributed by atoms with Crippen molar-refractivity contribution in [2.24, 2.45) is 5.41 Å². The second-order valence-corrected chi connectivity index (χ2v) is 13.2. The Bertz CT molecular complexity index is 1340. The lowest BCUT2D eigenvalue weighted by molar-refractivity contribution is 0.0734. The molecule has 224 valence electrons. The summed E-state index contributed by atoms with van der Waals surface area (Å²) in [7, 11) is 0. The summed E-state index contributed by atoms with van der Waals surface area (Å²) in [5.41, 5.74) is 2.74. The van der Waals surface area contributed by atoms with E-state index in [0.29, 0.717) is 16.9 Å². The Hall–Kier alpha value is -3.40. The first-order chi connectivity index (χ1) is 20.0. The van der Waals surface area contributed by atoms with Crippen LogP contribution in [0.1, 0.15) is 131 Å². The van der Waals surface area contributed by atoms with Crippen LogP contribution in [0.3, 0.4) is 0 Å². The zero-order valence-electron chi connectivity index (χ0n) is 26.4. The van der Waals surface area contributed by atoms with Gasteiger partial charge in [-0.25, -0.2) is 4.79 Å². The van der Waals surface area contributed by atoms with Gasteiger partial charge in [-0.2, -0.15) is 0 Å². The number of ether oxygens (including phenoxy) is 2. The van der Waals surface area contributed by atoms with Crippen molar-refractivity contribution >= 4 is 11.8 Å². The SMILES string of the molecule is CCCC(C)(C)Oc1ccc(C2(c3ccc(OC(=O)c4cccc(C(=O)C(C)(C)CCC)c4)cc3)CCCCC2)cc1. The Morgan fingerprint density at radius 1 is 0.714 bits per heavy atom. The maximum atomic E-state index is 13.1. The second kappa shape index (κ2) is 13.3. The van der Waals surface area contributed by atoms with E-state index in [-0.39, 0.29) is 16.8 Å². The molecule has 0 heterocycles. The Balaban J connectivity index is 1.51. The average molecular weight is 569 g/mol. The minimum Gasteiger partial charge on any atom is -0.488 e. The minimum absolute atomic E-state index is 0.0467. The predicted molar refractivity (Wildman–Crippen MR) is 171 cm³/mol. The van der Waals surface area contributed by atoms with Crippen LogP contribution in [0.15, 0.2) is 72.8 Å². The molecule has 3 aromatic rings. The minimum atomic E-state index is -0.471. The van der Waals surface area contributed by atoms with Gasteiger partial charge in [-0.3, -0.25) is 4.79 Å². The monoisotopic (exact) mass is 568 g/mol. The van der Waals surface area contributed by atoms with Crippen molar-refractivity contribution < 1.29 is 19.1 Å². The Kier molecular flexibility index (Phi) is 9.97. The molecule has 0 saturated heterocycles. The number of carbonyl (C=O) groups excluding carboxylic acids is 2. The summed E-state index contributed by atoms with van der Waals surface area (Å²) in [4.78, 5) is 26.1. The van der Waals surface area contributed by atoms with Gasteiger partial charge in [-0.05, 0) is 87.1 Å². The Morgan fingerprint density at radius 2 is 1.26 bits per heavy atom. The molecule has 0 N–H and O–H groups in total. The van der Waals surface area contributed by atoms with Crippen LogP contribution in [0.2, 0.25) is 0 Å². The van der Waals surface area contributed by atoms with Gasteiger partial charge in [0.1, 0.15) is 17.1 Å². The number of carbonyl (C=O) groups is 2. The summed E-state index contributed by atoms with van der Waals surface area (Å²) >= 11 is 0. The van der Waals surface area contributed by atoms with E-state index in [1.54, 1.807) is 24.3 Å². The van der Waals surface area contributed by atoms with Crippen molar-refractivity contribution in [1.82, 2.24) is 0 Å². The highest BCUT2D eigenvalue weighted by Gasteiger charge is 2.36. The van der Waals surface area contributed by atoms with Gasteiger partial charge in [-0.15, -0.1) is 0 Å². The molecule has 0 aliphatic heterocycles. The molecule has 1 saturated carbocycles. The van der Waals surface area contributed by atoms with Gasteiger partial charge in [0.15, 0.2) is 5.78 Å². The van der Waals surface area contributed by atoms with Crippen molar-refractivity contribution in [1.29, 1.82) is 0 Å². The number of Topliss-reactive ketones (excluding diaryl/α,β-unsaturated/α-hetero) is 1. The van der Waals surface area contributed by atoms with Crippen molar-refractivity contribution in [2.45, 2.75) is 110 Å². The second-order valence-electron chi connectivity index (χ2n) is 13.2. The maximum absolute atomic E-state index is 13.1. The van der Waals surface area contributed by atoms with E-state index in [1.807, 2.05) is 26.0 Å². The van der Waals surface area contributed by atoms with Crippen LogP contribution in [0.25, 0.3) is 0 Å². The molecule has 1 aliphatic rings. The van der Waals surface area contributed by atoms with Crippen LogP contribution in [0.5, 0.6) is 11.5 Å². The van der Waals surface area contributed by atoms with Crippen LogP contribution in [0, 0.1) is 5.41 Å². The molecule has 0 amide bonds. The van der Waals surface area contributed by atoms with E-state index in [9.17, 15) is 9.59 Å². The topological polar surface area (TPSA) is 52.6 Å². The summed E-state index contributed by atoms with van der Waals surface area (Å²) in [5, 5.41) is 0. The molecule has 1 fully saturated rings. The highest BCUT2D eigenvalue weighted by atomic mass is 16.5. The third kappa shape index (κ3) is 7.32. The largest absolute Gasteiger partial charge is 0.488 e. The summed E-state index contributed by atoms with van der Waals surface area (Å²) in [6, 6.07) is 23.6. The van der Waals surface area contributed by atoms with Gasteiger partial charge in [0, 0.05) is 16.4 Å². The summed E-state index contributed by atoms with van der Waals surface area (Å²) in [5.74, 6) is 0.995. The van der Waals surface area contributed by atoms with Crippen molar-refractivity contribution in [2.75, 3.05) is 0 Å². The number of esters is 1. The van der Waals surface area contributed by atoms with Gasteiger partial charge in [-0.1, -0.05) is 96.2 Å². The van der Waals surface area contributed by atoms with E-state index in [2.05, 4.69) is 64.1 Å². The van der Waals surface area contributed by atoms with Crippen LogP contribution in [0.4, 0.5) is 0 Å². The lowest BCUT2D eigenvalue weighted by Crippen LogP contribution is -2.30. The van der Waals surface area contributed by atoms with E-state index in [1.165, 1.54) is 30.4 Å². The number of hydrogen-bond acceptors (Lipinski definition) is 4. The molecule has 42 heavy (non-hydrogen) atoms. The van der Waals surface area contributed by atoms with Gasteiger partial charge in [0.25, 0.3) is 0 Å². The molecule has 0 radical (unpaired) electrons. The van der Waals surface area contributed by atoms with Gasteiger partial charge in [0.2, 0.25) is 0 Å². The van der Waals surface area contributed by atoms with Crippen LogP contribution >= 0.6 is 0 Å². The fourth-order valence-corrected chi connectivity index (χ4v) is 6.64. The fraction of sp³-hybridized carbons (Fsp3) is 0.474. The fourth-order valence-electron chi connectivity index (χ4n) is 6.64. The normalized spacial score (nSPS) is 15.2. The van der Waals surface area contributed by atoms with E-state index < -0.39 is 11.4 Å². The lowest BCUT2D eigenvalue weighted by Gasteiger charge is -2.39. The first kappa shape index (κ1) is 31.5. The number of hydrogen-bond donors (Lipinski definition) is 0. The molecule has 1 aliphatic carbocycles. The zero-order chi connectivity index (χ0) is 30.4. The molecule has 4 heteroatoms. The lowest BCUT2D eigenvalue weighted by atomic mass is 9.65. The molecule has 0 spiro atoms. The molecule has 0 atom stereocenters. The molecule has 4 rings (SSSR count). The highest BCUT2D eigenvalue weighted by Crippen LogP contribution is 2.45. The number of rotatable bonds is 12. The molecule has 0 bridgehead atoms. The molecule has 4 nitrogen and oxygen atoms in total. The molecule has 0 aromatic heterocycles.